The van der Waals surface area contributed by atoms with Gasteiger partial charge < -0.3 is 19.5 Å². The molecule has 0 bridgehead atoms. The molecule has 8 heteroatoms. The molecule has 0 unspecified atom stereocenters. The van der Waals surface area contributed by atoms with Gasteiger partial charge in [-0.1, -0.05) is 0 Å². The maximum atomic E-state index is 12.9. The van der Waals surface area contributed by atoms with E-state index in [9.17, 15) is 4.79 Å². The van der Waals surface area contributed by atoms with Gasteiger partial charge in [-0.05, 0) is 55.5 Å². The van der Waals surface area contributed by atoms with E-state index in [0.29, 0.717) is 29.3 Å². The lowest BCUT2D eigenvalue weighted by Gasteiger charge is -2.11. The molecule has 0 saturated heterocycles. The first-order chi connectivity index (χ1) is 15.6. The maximum absolute atomic E-state index is 12.9. The van der Waals surface area contributed by atoms with Crippen LogP contribution in [-0.4, -0.2) is 41.3 Å². The van der Waals surface area contributed by atoms with Crippen molar-refractivity contribution < 1.29 is 19.0 Å². The van der Waals surface area contributed by atoms with Gasteiger partial charge in [-0.3, -0.25) is 4.79 Å². The summed E-state index contributed by atoms with van der Waals surface area (Å²) >= 11 is 0. The van der Waals surface area contributed by atoms with E-state index in [-0.39, 0.29) is 12.5 Å². The van der Waals surface area contributed by atoms with E-state index in [1.807, 2.05) is 49.4 Å². The number of hydrogen-bond acceptors (Lipinski definition) is 6. The molecule has 1 N–H and O–H groups in total. The van der Waals surface area contributed by atoms with E-state index in [0.717, 1.165) is 22.6 Å². The summed E-state index contributed by atoms with van der Waals surface area (Å²) in [5, 5.41) is 7.32. The number of ether oxygens (including phenoxy) is 3. The number of carbonyl (C=O) groups is 1. The van der Waals surface area contributed by atoms with Crippen molar-refractivity contribution in [3.8, 4) is 28.5 Å². The summed E-state index contributed by atoms with van der Waals surface area (Å²) in [5.41, 5.74) is 3.44. The molecule has 0 aliphatic rings. The number of benzene rings is 2. The zero-order chi connectivity index (χ0) is 22.5. The molecule has 0 aliphatic carbocycles. The van der Waals surface area contributed by atoms with Gasteiger partial charge in [-0.25, -0.2) is 9.50 Å². The van der Waals surface area contributed by atoms with Gasteiger partial charge in [0, 0.05) is 23.9 Å². The highest BCUT2D eigenvalue weighted by atomic mass is 16.5. The summed E-state index contributed by atoms with van der Waals surface area (Å²) in [5.74, 6) is 1.88. The van der Waals surface area contributed by atoms with Gasteiger partial charge >= 0.3 is 0 Å². The zero-order valence-electron chi connectivity index (χ0n) is 18.2. The molecule has 4 aromatic rings. The minimum absolute atomic E-state index is 0.273. The minimum Gasteiger partial charge on any atom is -0.497 e. The molecule has 8 nitrogen and oxygen atoms in total. The molecule has 32 heavy (non-hydrogen) atoms. The Labute approximate surface area is 185 Å². The Morgan fingerprint density at radius 3 is 2.53 bits per heavy atom. The van der Waals surface area contributed by atoms with Crippen LogP contribution in [0.4, 0.5) is 0 Å². The molecular formula is C24H24N4O4. The topological polar surface area (TPSA) is 87.0 Å². The van der Waals surface area contributed by atoms with Crippen LogP contribution in [0.3, 0.4) is 0 Å². The van der Waals surface area contributed by atoms with Crippen LogP contribution in [0.5, 0.6) is 17.2 Å². The second-order valence-corrected chi connectivity index (χ2v) is 6.94. The smallest absolute Gasteiger partial charge is 0.257 e. The monoisotopic (exact) mass is 432 g/mol. The molecule has 0 spiro atoms. The minimum atomic E-state index is -0.277. The summed E-state index contributed by atoms with van der Waals surface area (Å²) in [6.45, 7) is 2.83. The standard InChI is InChI=1S/C24H24N4O4/c1-4-32-18-7-5-16(6-8-18)21-11-12-25-23-20(15-27-28(21)23)24(29)26-14-17-13-19(30-2)9-10-22(17)31-3/h5-13,15H,4,14H2,1-3H3,(H,26,29). The Balaban J connectivity index is 1.58. The van der Waals surface area contributed by atoms with Crippen molar-refractivity contribution in [3.05, 3.63) is 72.1 Å². The maximum Gasteiger partial charge on any atom is 0.257 e. The Kier molecular flexibility index (Phi) is 6.21. The van der Waals surface area contributed by atoms with Gasteiger partial charge in [-0.2, -0.15) is 5.10 Å². The quantitative estimate of drug-likeness (QED) is 0.456. The van der Waals surface area contributed by atoms with Gasteiger partial charge in [-0.15, -0.1) is 0 Å². The Hall–Kier alpha value is -4.07. The number of methoxy groups -OCH3 is 2. The van der Waals surface area contributed by atoms with Crippen LogP contribution in [0.1, 0.15) is 22.8 Å². The van der Waals surface area contributed by atoms with Gasteiger partial charge in [0.25, 0.3) is 5.91 Å². The van der Waals surface area contributed by atoms with Crippen LogP contribution >= 0.6 is 0 Å². The number of fused-ring (bicyclic) bond motifs is 1. The molecule has 0 atom stereocenters. The molecule has 1 amide bonds. The fourth-order valence-corrected chi connectivity index (χ4v) is 3.45. The number of amides is 1. The predicted octanol–water partition coefficient (Wildman–Crippen LogP) is 3.74. The van der Waals surface area contributed by atoms with Gasteiger partial charge in [0.05, 0.1) is 32.7 Å². The highest BCUT2D eigenvalue weighted by molar-refractivity contribution is 5.99. The summed E-state index contributed by atoms with van der Waals surface area (Å²) in [6, 6.07) is 15.0. The lowest BCUT2D eigenvalue weighted by atomic mass is 10.1. The van der Waals surface area contributed by atoms with E-state index in [2.05, 4.69) is 15.4 Å². The number of aromatic nitrogens is 3. The third kappa shape index (κ3) is 4.20. The molecule has 0 fully saturated rings. The summed E-state index contributed by atoms with van der Waals surface area (Å²) in [4.78, 5) is 17.3. The third-order valence-corrected chi connectivity index (χ3v) is 5.03. The predicted molar refractivity (Wildman–Crippen MR) is 120 cm³/mol. The molecule has 164 valence electrons. The summed E-state index contributed by atoms with van der Waals surface area (Å²) in [7, 11) is 3.18. The molecule has 0 radical (unpaired) electrons. The van der Waals surface area contributed by atoms with E-state index in [1.165, 1.54) is 6.20 Å². The van der Waals surface area contributed by atoms with Crippen LogP contribution < -0.4 is 19.5 Å². The van der Waals surface area contributed by atoms with Crippen molar-refractivity contribution >= 4 is 11.6 Å². The molecule has 0 aliphatic heterocycles. The van der Waals surface area contributed by atoms with Gasteiger partial charge in [0.2, 0.25) is 0 Å². The lowest BCUT2D eigenvalue weighted by Crippen LogP contribution is -2.23. The second-order valence-electron chi connectivity index (χ2n) is 6.94. The Bertz CT molecular complexity index is 1230. The molecule has 2 aromatic carbocycles. The fourth-order valence-electron chi connectivity index (χ4n) is 3.45. The SMILES string of the molecule is CCOc1ccc(-c2ccnc3c(C(=O)NCc4cc(OC)ccc4OC)cnn23)cc1. The fraction of sp³-hybridized carbons (Fsp3) is 0.208. The van der Waals surface area contributed by atoms with Crippen LogP contribution in [0.15, 0.2) is 60.9 Å². The molecule has 0 saturated carbocycles. The normalized spacial score (nSPS) is 10.7. The number of nitrogens with one attached hydrogen (secondary N) is 1. The van der Waals surface area contributed by atoms with Crippen molar-refractivity contribution in [1.82, 2.24) is 19.9 Å². The Morgan fingerprint density at radius 2 is 1.81 bits per heavy atom. The van der Waals surface area contributed by atoms with Crippen molar-refractivity contribution in [2.45, 2.75) is 13.5 Å². The van der Waals surface area contributed by atoms with Gasteiger partial charge in [0.1, 0.15) is 22.8 Å². The highest BCUT2D eigenvalue weighted by Gasteiger charge is 2.17. The molecule has 4 rings (SSSR count). The van der Waals surface area contributed by atoms with E-state index < -0.39 is 0 Å². The van der Waals surface area contributed by atoms with Crippen molar-refractivity contribution in [1.29, 1.82) is 0 Å². The average molecular weight is 432 g/mol. The largest absolute Gasteiger partial charge is 0.497 e. The van der Waals surface area contributed by atoms with Gasteiger partial charge in [0.15, 0.2) is 5.65 Å². The molecule has 2 heterocycles. The molecule has 2 aromatic heterocycles. The number of hydrogen-bond donors (Lipinski definition) is 1. The highest BCUT2D eigenvalue weighted by Crippen LogP contribution is 2.25. The first-order valence-corrected chi connectivity index (χ1v) is 10.2. The lowest BCUT2D eigenvalue weighted by molar-refractivity contribution is 0.0952. The average Bonchev–Trinajstić information content (AvgIpc) is 3.27. The van der Waals surface area contributed by atoms with E-state index >= 15 is 0 Å². The zero-order valence-corrected chi connectivity index (χ0v) is 18.2. The summed E-state index contributed by atoms with van der Waals surface area (Å²) < 4.78 is 17.8. The number of nitrogens with zero attached hydrogens (tertiary/aromatic N) is 3. The second kappa shape index (κ2) is 9.38. The first kappa shape index (κ1) is 21.2. The van der Waals surface area contributed by atoms with Crippen LogP contribution in [-0.2, 0) is 6.54 Å². The van der Waals surface area contributed by atoms with Crippen LogP contribution in [0.2, 0.25) is 0 Å². The Morgan fingerprint density at radius 1 is 1.03 bits per heavy atom. The van der Waals surface area contributed by atoms with E-state index in [4.69, 9.17) is 14.2 Å². The first-order valence-electron chi connectivity index (χ1n) is 10.2. The van der Waals surface area contributed by atoms with Crippen LogP contribution in [0, 0.1) is 0 Å². The van der Waals surface area contributed by atoms with E-state index in [1.54, 1.807) is 31.0 Å². The van der Waals surface area contributed by atoms with Crippen molar-refractivity contribution in [2.75, 3.05) is 20.8 Å². The van der Waals surface area contributed by atoms with Crippen molar-refractivity contribution in [2.24, 2.45) is 0 Å². The molecular weight excluding hydrogens is 408 g/mol. The third-order valence-electron chi connectivity index (χ3n) is 5.03. The number of carbonyl (C=O) groups excluding carboxylic acids is 1. The number of rotatable bonds is 8. The van der Waals surface area contributed by atoms with Crippen molar-refractivity contribution in [3.63, 3.8) is 0 Å². The van der Waals surface area contributed by atoms with Crippen LogP contribution in [0.25, 0.3) is 16.9 Å². The summed E-state index contributed by atoms with van der Waals surface area (Å²) in [6.07, 6.45) is 3.20.